The van der Waals surface area contributed by atoms with Crippen molar-refractivity contribution in [2.45, 2.75) is 12.5 Å². The Labute approximate surface area is 233 Å². The van der Waals surface area contributed by atoms with E-state index in [9.17, 15) is 23.6 Å². The van der Waals surface area contributed by atoms with Crippen molar-refractivity contribution in [3.63, 3.8) is 0 Å². The van der Waals surface area contributed by atoms with E-state index >= 15 is 0 Å². The van der Waals surface area contributed by atoms with Gasteiger partial charge in [-0.1, -0.05) is 17.7 Å². The summed E-state index contributed by atoms with van der Waals surface area (Å²) < 4.78 is 16.4. The maximum atomic E-state index is 14.5. The van der Waals surface area contributed by atoms with Gasteiger partial charge < -0.3 is 20.6 Å². The van der Waals surface area contributed by atoms with Gasteiger partial charge in [0.1, 0.15) is 12.4 Å². The van der Waals surface area contributed by atoms with Crippen LogP contribution < -0.4 is 16.2 Å². The molecule has 0 saturated carbocycles. The summed E-state index contributed by atoms with van der Waals surface area (Å²) in [6, 6.07) is 12.2. The van der Waals surface area contributed by atoms with E-state index < -0.39 is 12.4 Å². The highest BCUT2D eigenvalue weighted by molar-refractivity contribution is 7.18. The fourth-order valence-electron chi connectivity index (χ4n) is 3.72. The number of rotatable bonds is 7. The number of hydrogen-bond donors (Lipinski definition) is 3. The summed E-state index contributed by atoms with van der Waals surface area (Å²) >= 11 is 7.08. The SMILES string of the molecule is CN(C)C(=O)CO.O=C(CN1CCC(NC(=O)c2ccc(Cl)s2)C1)Nc1ccc(-n2ccccc2=O)cc1F. The number of likely N-dealkylation sites (tertiary alicyclic amines) is 1. The molecule has 0 spiro atoms. The van der Waals surface area contributed by atoms with Crippen molar-refractivity contribution in [1.82, 2.24) is 19.7 Å². The van der Waals surface area contributed by atoms with E-state index in [1.807, 2.05) is 4.90 Å². The Morgan fingerprint density at radius 2 is 1.95 bits per heavy atom. The molecule has 4 rings (SSSR count). The summed E-state index contributed by atoms with van der Waals surface area (Å²) in [6.45, 7) is 0.849. The first kappa shape index (κ1) is 30.0. The molecule has 3 aromatic rings. The maximum absolute atomic E-state index is 14.5. The van der Waals surface area contributed by atoms with E-state index in [0.717, 1.165) is 0 Å². The van der Waals surface area contributed by atoms with Crippen LogP contribution in [0.15, 0.2) is 59.5 Å². The second-order valence-corrected chi connectivity index (χ2v) is 10.6. The summed E-state index contributed by atoms with van der Waals surface area (Å²) in [5, 5.41) is 13.6. The third-order valence-corrected chi connectivity index (χ3v) is 6.96. The molecule has 3 N–H and O–H groups in total. The Morgan fingerprint density at radius 1 is 1.18 bits per heavy atom. The van der Waals surface area contributed by atoms with Gasteiger partial charge in [0.2, 0.25) is 11.8 Å². The van der Waals surface area contributed by atoms with E-state index in [1.165, 1.54) is 39.0 Å². The lowest BCUT2D eigenvalue weighted by atomic mass is 10.2. The molecule has 1 atom stereocenters. The maximum Gasteiger partial charge on any atom is 0.261 e. The molecular formula is C26H29ClFN5O5S. The topological polar surface area (TPSA) is 124 Å². The van der Waals surface area contributed by atoms with Gasteiger partial charge >= 0.3 is 0 Å². The van der Waals surface area contributed by atoms with Gasteiger partial charge in [0.15, 0.2) is 0 Å². The number of aliphatic hydroxyl groups is 1. The first-order valence-electron chi connectivity index (χ1n) is 11.9. The molecule has 10 nitrogen and oxygen atoms in total. The van der Waals surface area contributed by atoms with Gasteiger partial charge in [-0.2, -0.15) is 0 Å². The predicted molar refractivity (Wildman–Crippen MR) is 148 cm³/mol. The van der Waals surface area contributed by atoms with Crippen LogP contribution >= 0.6 is 22.9 Å². The Balaban J connectivity index is 0.000000532. The van der Waals surface area contributed by atoms with Crippen LogP contribution in [-0.2, 0) is 9.59 Å². The summed E-state index contributed by atoms with van der Waals surface area (Å²) in [7, 11) is 3.19. The molecule has 0 aliphatic carbocycles. The quantitative estimate of drug-likeness (QED) is 0.396. The van der Waals surface area contributed by atoms with Gasteiger partial charge in [0.25, 0.3) is 11.5 Å². The second-order valence-electron chi connectivity index (χ2n) is 8.87. The molecule has 1 aliphatic rings. The first-order valence-corrected chi connectivity index (χ1v) is 13.1. The third-order valence-electron chi connectivity index (χ3n) is 5.73. The van der Waals surface area contributed by atoms with Crippen LogP contribution in [0, 0.1) is 5.82 Å². The lowest BCUT2D eigenvalue weighted by molar-refractivity contribution is -0.131. The number of aromatic nitrogens is 1. The summed E-state index contributed by atoms with van der Waals surface area (Å²) in [5.41, 5.74) is 0.138. The molecule has 13 heteroatoms. The molecular weight excluding hydrogens is 549 g/mol. The number of amides is 3. The number of halogens is 2. The minimum absolute atomic E-state index is 0.0429. The summed E-state index contributed by atoms with van der Waals surface area (Å²) in [5.74, 6) is -1.43. The third kappa shape index (κ3) is 8.72. The van der Waals surface area contributed by atoms with Gasteiger partial charge in [0.05, 0.1) is 27.1 Å². The normalized spacial score (nSPS) is 14.7. The largest absolute Gasteiger partial charge is 0.387 e. The molecule has 1 aliphatic heterocycles. The van der Waals surface area contributed by atoms with Gasteiger partial charge in [-0.15, -0.1) is 11.3 Å². The number of likely N-dealkylation sites (N-methyl/N-ethyl adjacent to an activating group) is 1. The van der Waals surface area contributed by atoms with Crippen LogP contribution in [0.4, 0.5) is 10.1 Å². The highest BCUT2D eigenvalue weighted by Crippen LogP contribution is 2.22. The van der Waals surface area contributed by atoms with E-state index in [-0.39, 0.29) is 41.6 Å². The number of nitrogens with zero attached hydrogens (tertiary/aromatic N) is 3. The summed E-state index contributed by atoms with van der Waals surface area (Å²) in [4.78, 5) is 50.5. The van der Waals surface area contributed by atoms with Crippen LogP contribution in [-0.4, -0.2) is 83.6 Å². The molecule has 3 amide bonds. The Morgan fingerprint density at radius 3 is 2.54 bits per heavy atom. The molecule has 2 aromatic heterocycles. The zero-order valence-electron chi connectivity index (χ0n) is 21.4. The lowest BCUT2D eigenvalue weighted by Crippen LogP contribution is -2.38. The van der Waals surface area contributed by atoms with Crippen LogP contribution in [0.1, 0.15) is 16.1 Å². The number of nitrogens with one attached hydrogen (secondary N) is 2. The minimum Gasteiger partial charge on any atom is -0.387 e. The number of benzene rings is 1. The molecule has 1 aromatic carbocycles. The lowest BCUT2D eigenvalue weighted by Gasteiger charge is -2.16. The van der Waals surface area contributed by atoms with E-state index in [4.69, 9.17) is 16.7 Å². The second kappa shape index (κ2) is 14.0. The van der Waals surface area contributed by atoms with Crippen LogP contribution in [0.3, 0.4) is 0 Å². The zero-order valence-corrected chi connectivity index (χ0v) is 23.0. The Kier molecular flexibility index (Phi) is 10.8. The molecule has 39 heavy (non-hydrogen) atoms. The highest BCUT2D eigenvalue weighted by Gasteiger charge is 2.26. The molecule has 1 fully saturated rings. The number of thiophene rings is 1. The highest BCUT2D eigenvalue weighted by atomic mass is 35.5. The number of aliphatic hydroxyl groups excluding tert-OH is 1. The average molecular weight is 578 g/mol. The van der Waals surface area contributed by atoms with E-state index in [1.54, 1.807) is 50.6 Å². The van der Waals surface area contributed by atoms with Gasteiger partial charge in [0, 0.05) is 51.6 Å². The fourth-order valence-corrected chi connectivity index (χ4v) is 4.66. The first-order chi connectivity index (χ1) is 18.6. The zero-order chi connectivity index (χ0) is 28.5. The fraction of sp³-hybridized carbons (Fsp3) is 0.308. The number of pyridine rings is 1. The number of carbonyl (C=O) groups excluding carboxylic acids is 3. The molecule has 1 unspecified atom stereocenters. The number of carbonyl (C=O) groups is 3. The van der Waals surface area contributed by atoms with Crippen molar-refractivity contribution in [2.75, 3.05) is 45.7 Å². The van der Waals surface area contributed by atoms with Crippen molar-refractivity contribution >= 4 is 46.3 Å². The standard InChI is InChI=1S/C22H20ClFN4O3S.C4H9NO2/c23-19-7-6-18(32-19)22(31)25-14-8-10-27(12-14)13-20(29)26-17-5-4-15(11-16(17)24)28-9-2-1-3-21(28)30;1-5(2)4(7)3-6/h1-7,9,11,14H,8,10,12-13H2,(H,25,31)(H,26,29);6H,3H2,1-2H3. The number of hydrogen-bond acceptors (Lipinski definition) is 7. The predicted octanol–water partition coefficient (Wildman–Crippen LogP) is 2.20. The van der Waals surface area contributed by atoms with E-state index in [0.29, 0.717) is 34.4 Å². The molecule has 208 valence electrons. The van der Waals surface area contributed by atoms with Crippen molar-refractivity contribution in [1.29, 1.82) is 0 Å². The van der Waals surface area contributed by atoms with Crippen molar-refractivity contribution in [3.8, 4) is 5.69 Å². The van der Waals surface area contributed by atoms with Crippen LogP contribution in [0.5, 0.6) is 0 Å². The molecule has 3 heterocycles. The van der Waals surface area contributed by atoms with Gasteiger partial charge in [-0.05, 0) is 36.8 Å². The van der Waals surface area contributed by atoms with Crippen molar-refractivity contribution in [2.24, 2.45) is 0 Å². The molecule has 0 radical (unpaired) electrons. The van der Waals surface area contributed by atoms with Gasteiger partial charge in [-0.25, -0.2) is 4.39 Å². The smallest absolute Gasteiger partial charge is 0.261 e. The Bertz CT molecular complexity index is 1380. The van der Waals surface area contributed by atoms with Gasteiger partial charge in [-0.3, -0.25) is 28.6 Å². The number of anilines is 1. The van der Waals surface area contributed by atoms with Crippen molar-refractivity contribution < 1.29 is 23.9 Å². The Hall–Kier alpha value is -3.58. The van der Waals surface area contributed by atoms with E-state index in [2.05, 4.69) is 10.6 Å². The van der Waals surface area contributed by atoms with Crippen LogP contribution in [0.2, 0.25) is 4.34 Å². The van der Waals surface area contributed by atoms with Crippen LogP contribution in [0.25, 0.3) is 5.69 Å². The summed E-state index contributed by atoms with van der Waals surface area (Å²) in [6.07, 6.45) is 2.26. The average Bonchev–Trinajstić information content (AvgIpc) is 3.54. The monoisotopic (exact) mass is 577 g/mol. The molecule has 0 bridgehead atoms. The minimum atomic E-state index is -0.632. The van der Waals surface area contributed by atoms with Crippen molar-refractivity contribution in [3.05, 3.63) is 80.1 Å². The molecule has 1 saturated heterocycles.